The maximum Gasteiger partial charge on any atom is 0.306 e. The van der Waals surface area contributed by atoms with Crippen molar-refractivity contribution in [2.24, 2.45) is 5.73 Å². The monoisotopic (exact) mass is 523 g/mol. The highest BCUT2D eigenvalue weighted by Gasteiger charge is 2.21. The minimum absolute atomic E-state index is 0.0838. The van der Waals surface area contributed by atoms with Crippen LogP contribution >= 0.6 is 0 Å². The Morgan fingerprint density at radius 3 is 2.39 bits per heavy atom. The molecule has 1 saturated heterocycles. The minimum Gasteiger partial charge on any atom is -0.491 e. The number of nitrogen functional groups attached to an aromatic ring is 1. The molecule has 38 heavy (non-hydrogen) atoms. The van der Waals surface area contributed by atoms with Gasteiger partial charge in [0.15, 0.2) is 0 Å². The molecule has 204 valence electrons. The lowest BCUT2D eigenvalue weighted by Crippen LogP contribution is -2.40. The molecule has 0 aliphatic carbocycles. The molecule has 1 amide bonds. The number of hydrogen-bond donors (Lipinski definition) is 4. The molecule has 2 aromatic rings. The van der Waals surface area contributed by atoms with Gasteiger partial charge in [-0.05, 0) is 56.2 Å². The van der Waals surface area contributed by atoms with E-state index in [1.807, 2.05) is 4.90 Å². The molecule has 0 unspecified atom stereocenters. The van der Waals surface area contributed by atoms with Crippen molar-refractivity contribution < 1.29 is 23.8 Å². The molecule has 1 heterocycles. The number of ether oxygens (including phenoxy) is 3. The predicted octanol–water partition coefficient (Wildman–Crippen LogP) is 3.12. The second kappa shape index (κ2) is 14.0. The number of nitrogens with zero attached hydrogens (tertiary/aromatic N) is 1. The maximum absolute atomic E-state index is 12.6. The number of carbonyl (C=O) groups excluding carboxylic acids is 2. The quantitative estimate of drug-likeness (QED) is 0.144. The molecule has 0 saturated carbocycles. The molecule has 0 bridgehead atoms. The average molecular weight is 524 g/mol. The average Bonchev–Trinajstić information content (AvgIpc) is 2.91. The third kappa shape index (κ3) is 8.50. The molecule has 0 spiro atoms. The number of benzene rings is 2. The molecule has 10 nitrogen and oxygen atoms in total. The number of amides is 1. The zero-order chi connectivity index (χ0) is 27.5. The van der Waals surface area contributed by atoms with Gasteiger partial charge in [0, 0.05) is 43.5 Å². The lowest BCUT2D eigenvalue weighted by atomic mass is 10.1. The maximum atomic E-state index is 12.6. The number of amidine groups is 2. The van der Waals surface area contributed by atoms with Crippen molar-refractivity contribution in [2.75, 3.05) is 32.8 Å². The Hall–Kier alpha value is -4.08. The van der Waals surface area contributed by atoms with Crippen LogP contribution in [0.15, 0.2) is 42.5 Å². The molecule has 1 aliphatic rings. The number of piperidine rings is 1. The number of likely N-dealkylation sites (tertiary alicyclic amines) is 1. The van der Waals surface area contributed by atoms with E-state index >= 15 is 0 Å². The van der Waals surface area contributed by atoms with Gasteiger partial charge in [-0.3, -0.25) is 20.4 Å². The van der Waals surface area contributed by atoms with E-state index in [0.717, 1.165) is 37.2 Å². The van der Waals surface area contributed by atoms with Gasteiger partial charge >= 0.3 is 5.97 Å². The summed E-state index contributed by atoms with van der Waals surface area (Å²) < 4.78 is 16.9. The summed E-state index contributed by atoms with van der Waals surface area (Å²) in [6.45, 7) is 5.99. The van der Waals surface area contributed by atoms with Crippen LogP contribution in [0, 0.1) is 10.8 Å². The number of hydrogen-bond acceptors (Lipinski definition) is 7. The number of esters is 1. The van der Waals surface area contributed by atoms with Crippen molar-refractivity contribution in [3.8, 4) is 11.5 Å². The van der Waals surface area contributed by atoms with Crippen LogP contribution in [0.1, 0.15) is 54.6 Å². The molecular formula is C28H37N5O5. The fourth-order valence-electron chi connectivity index (χ4n) is 4.15. The lowest BCUT2D eigenvalue weighted by Gasteiger charge is -2.32. The second-order valence-corrected chi connectivity index (χ2v) is 9.06. The summed E-state index contributed by atoms with van der Waals surface area (Å²) in [5, 5.41) is 18.2. The zero-order valence-corrected chi connectivity index (χ0v) is 22.0. The second-order valence-electron chi connectivity index (χ2n) is 9.06. The van der Waals surface area contributed by atoms with E-state index in [1.54, 1.807) is 56.3 Å². The molecule has 1 aliphatic heterocycles. The van der Waals surface area contributed by atoms with Crippen molar-refractivity contribution in [3.05, 3.63) is 59.2 Å². The summed E-state index contributed by atoms with van der Waals surface area (Å²) >= 11 is 0. The van der Waals surface area contributed by atoms with Crippen LogP contribution in [-0.4, -0.2) is 67.4 Å². The Kier molecular flexibility index (Phi) is 10.5. The van der Waals surface area contributed by atoms with Gasteiger partial charge in [-0.25, -0.2) is 0 Å². The van der Waals surface area contributed by atoms with Crippen molar-refractivity contribution in [1.82, 2.24) is 10.2 Å². The first-order valence-electron chi connectivity index (χ1n) is 12.9. The zero-order valence-electron chi connectivity index (χ0n) is 22.0. The van der Waals surface area contributed by atoms with E-state index < -0.39 is 0 Å². The normalized spacial score (nSPS) is 13.5. The number of carbonyl (C=O) groups is 2. The van der Waals surface area contributed by atoms with Crippen molar-refractivity contribution in [1.29, 1.82) is 10.8 Å². The van der Waals surface area contributed by atoms with Crippen LogP contribution in [0.4, 0.5) is 0 Å². The van der Waals surface area contributed by atoms with Crippen LogP contribution in [0.25, 0.3) is 0 Å². The molecule has 3 rings (SSSR count). The molecule has 5 N–H and O–H groups in total. The lowest BCUT2D eigenvalue weighted by molar-refractivity contribution is -0.143. The Morgan fingerprint density at radius 2 is 1.76 bits per heavy atom. The minimum atomic E-state index is -0.291. The van der Waals surface area contributed by atoms with Crippen molar-refractivity contribution >= 4 is 23.5 Å². The highest BCUT2D eigenvalue weighted by Crippen LogP contribution is 2.23. The molecule has 0 atom stereocenters. The Bertz CT molecular complexity index is 1130. The number of nitrogens with two attached hydrogens (primary N) is 1. The smallest absolute Gasteiger partial charge is 0.306 e. The van der Waals surface area contributed by atoms with Crippen LogP contribution in [-0.2, 0) is 16.0 Å². The summed E-state index contributed by atoms with van der Waals surface area (Å²) in [4.78, 5) is 26.4. The van der Waals surface area contributed by atoms with Gasteiger partial charge in [0.2, 0.25) is 0 Å². The van der Waals surface area contributed by atoms with Gasteiger partial charge in [0.1, 0.15) is 30.0 Å². The first kappa shape index (κ1) is 28.5. The van der Waals surface area contributed by atoms with E-state index in [-0.39, 0.29) is 43.4 Å². The van der Waals surface area contributed by atoms with Gasteiger partial charge in [-0.15, -0.1) is 0 Å². The summed E-state index contributed by atoms with van der Waals surface area (Å²) in [6, 6.07) is 12.2. The SMILES string of the molecule is CCOC(=O)CCc1ccc(C(=N)N)cc1OCCNC(=O)c1ccc(OC2CCN(C(C)=N)CC2)cc1. The van der Waals surface area contributed by atoms with Crippen molar-refractivity contribution in [3.63, 3.8) is 0 Å². The number of aryl methyl sites for hydroxylation is 1. The fraction of sp³-hybridized carbons (Fsp3) is 0.429. The molecule has 10 heteroatoms. The molecule has 2 aromatic carbocycles. The van der Waals surface area contributed by atoms with E-state index in [2.05, 4.69) is 5.32 Å². The van der Waals surface area contributed by atoms with E-state index in [1.165, 1.54) is 0 Å². The fourth-order valence-corrected chi connectivity index (χ4v) is 4.15. The summed E-state index contributed by atoms with van der Waals surface area (Å²) in [5.41, 5.74) is 7.44. The Labute approximate surface area is 223 Å². The summed E-state index contributed by atoms with van der Waals surface area (Å²) in [7, 11) is 0. The third-order valence-electron chi connectivity index (χ3n) is 6.26. The predicted molar refractivity (Wildman–Crippen MR) is 145 cm³/mol. The van der Waals surface area contributed by atoms with E-state index in [9.17, 15) is 9.59 Å². The number of nitrogens with one attached hydrogen (secondary N) is 3. The van der Waals surface area contributed by atoms with Gasteiger partial charge in [0.25, 0.3) is 5.91 Å². The molecule has 0 radical (unpaired) electrons. The summed E-state index contributed by atoms with van der Waals surface area (Å²) in [5.74, 6) is 1.22. The van der Waals surface area contributed by atoms with Crippen molar-refractivity contribution in [2.45, 2.75) is 45.6 Å². The largest absolute Gasteiger partial charge is 0.491 e. The van der Waals surface area contributed by atoms with Crippen LogP contribution < -0.4 is 20.5 Å². The standard InChI is InChI=1S/C28H37N5O5/c1-3-36-26(34)11-8-20-4-5-22(27(30)31)18-25(20)37-17-14-32-28(35)21-6-9-23(10-7-21)38-24-12-15-33(16-13-24)19(2)29/h4-7,9-10,18,24,29H,3,8,11-17H2,1-2H3,(H3,30,31)(H,32,35). The first-order chi connectivity index (χ1) is 18.3. The van der Waals surface area contributed by atoms with E-state index in [4.69, 9.17) is 30.8 Å². The van der Waals surface area contributed by atoms with Gasteiger partial charge in [0.05, 0.1) is 19.0 Å². The highest BCUT2D eigenvalue weighted by molar-refractivity contribution is 5.95. The molecule has 1 fully saturated rings. The summed E-state index contributed by atoms with van der Waals surface area (Å²) in [6.07, 6.45) is 2.46. The molecule has 0 aromatic heterocycles. The highest BCUT2D eigenvalue weighted by atomic mass is 16.5. The van der Waals surface area contributed by atoms with E-state index in [0.29, 0.717) is 35.7 Å². The van der Waals surface area contributed by atoms with Gasteiger partial charge in [-0.2, -0.15) is 0 Å². The number of rotatable bonds is 12. The topological polar surface area (TPSA) is 151 Å². The Balaban J connectivity index is 1.47. The van der Waals surface area contributed by atoms with Gasteiger partial charge < -0.3 is 30.2 Å². The van der Waals surface area contributed by atoms with Gasteiger partial charge in [-0.1, -0.05) is 12.1 Å². The molecular weight excluding hydrogens is 486 g/mol. The first-order valence-corrected chi connectivity index (χ1v) is 12.9. The van der Waals surface area contributed by atoms with Crippen LogP contribution in [0.3, 0.4) is 0 Å². The van der Waals surface area contributed by atoms with Crippen LogP contribution in [0.5, 0.6) is 11.5 Å². The Morgan fingerprint density at radius 1 is 1.08 bits per heavy atom. The third-order valence-corrected chi connectivity index (χ3v) is 6.26. The van der Waals surface area contributed by atoms with Crippen LogP contribution in [0.2, 0.25) is 0 Å².